The van der Waals surface area contributed by atoms with E-state index in [2.05, 4.69) is 11.8 Å². The summed E-state index contributed by atoms with van der Waals surface area (Å²) in [4.78, 5) is 12.1. The predicted molar refractivity (Wildman–Crippen MR) is 109 cm³/mol. The molecule has 0 aliphatic carbocycles. The van der Waals surface area contributed by atoms with E-state index in [1.54, 1.807) is 12.1 Å². The second-order valence-electron chi connectivity index (χ2n) is 4.51. The van der Waals surface area contributed by atoms with Crippen LogP contribution in [0.5, 0.6) is 0 Å². The van der Waals surface area contributed by atoms with Crippen LogP contribution < -0.4 is 0 Å². The molecule has 10 heteroatoms. The van der Waals surface area contributed by atoms with Crippen LogP contribution in [0.3, 0.4) is 0 Å². The zero-order valence-corrected chi connectivity index (χ0v) is 19.2. The van der Waals surface area contributed by atoms with Gasteiger partial charge in [-0.05, 0) is 18.8 Å². The minimum atomic E-state index is -0.423. The van der Waals surface area contributed by atoms with Crippen molar-refractivity contribution in [1.29, 1.82) is 0 Å². The summed E-state index contributed by atoms with van der Waals surface area (Å²) in [5, 5.41) is 10.2. The number of thioether (sulfide) groups is 1. The molecule has 142 valence electrons. The average molecular weight is 507 g/mol. The number of rotatable bonds is 10. The van der Waals surface area contributed by atoms with Crippen LogP contribution in [-0.4, -0.2) is 52.5 Å². The molecule has 0 heterocycles. The van der Waals surface area contributed by atoms with Gasteiger partial charge >= 0.3 is 22.4 Å². The molecular formula is C15H23N2O3S4Tc. The summed E-state index contributed by atoms with van der Waals surface area (Å²) in [5.41, 5.74) is 1.04. The van der Waals surface area contributed by atoms with Crippen LogP contribution in [0.25, 0.3) is 0 Å². The Morgan fingerprint density at radius 3 is 1.96 bits per heavy atom. The van der Waals surface area contributed by atoms with Gasteiger partial charge in [0.05, 0.1) is 4.92 Å². The van der Waals surface area contributed by atoms with Gasteiger partial charge in [-0.3, -0.25) is 10.1 Å². The van der Waals surface area contributed by atoms with E-state index >= 15 is 0 Å². The molecule has 1 aromatic carbocycles. The van der Waals surface area contributed by atoms with Gasteiger partial charge in [0.1, 0.15) is 0 Å². The van der Waals surface area contributed by atoms with Crippen molar-refractivity contribution in [2.24, 2.45) is 0 Å². The third kappa shape index (κ3) is 16.3. The first-order valence-corrected chi connectivity index (χ1v) is 11.2. The summed E-state index contributed by atoms with van der Waals surface area (Å²) in [6, 6.07) is 6.26. The molecule has 0 bridgehead atoms. The van der Waals surface area contributed by atoms with Gasteiger partial charge in [0.2, 0.25) is 0 Å². The van der Waals surface area contributed by atoms with Gasteiger partial charge in [-0.1, -0.05) is 24.6 Å². The molecule has 0 aliphatic rings. The number of hydrogen-bond donors (Lipinski definition) is 0. The maximum atomic E-state index is 10.2. The number of nitrogens with zero attached hydrogens (tertiary/aromatic N) is 2. The summed E-state index contributed by atoms with van der Waals surface area (Å²) in [6.07, 6.45) is 0. The van der Waals surface area contributed by atoms with Gasteiger partial charge < -0.3 is 42.8 Å². The Morgan fingerprint density at radius 2 is 1.60 bits per heavy atom. The van der Waals surface area contributed by atoms with Gasteiger partial charge in [0, 0.05) is 24.4 Å². The van der Waals surface area contributed by atoms with Crippen molar-refractivity contribution in [3.05, 3.63) is 39.9 Å². The van der Waals surface area contributed by atoms with Crippen LogP contribution >= 0.6 is 11.8 Å². The number of nitro benzene ring substituents is 1. The molecular weight excluding hydrogens is 483 g/mol. The number of hydrogen-bond acceptors (Lipinski definition) is 8. The predicted octanol–water partition coefficient (Wildman–Crippen LogP) is 2.66. The fourth-order valence-corrected chi connectivity index (χ4v) is 3.03. The number of non-ortho nitro benzene ring substituents is 1. The van der Waals surface area contributed by atoms with E-state index < -0.39 is 4.92 Å². The zero-order chi connectivity index (χ0) is 19.5. The first kappa shape index (κ1) is 27.6. The Hall–Kier alpha value is 0.429. The number of benzene rings is 1. The van der Waals surface area contributed by atoms with E-state index in [4.69, 9.17) is 41.4 Å². The molecule has 1 aromatic rings. The normalized spacial score (nSPS) is 9.60. The molecule has 0 amide bonds. The average Bonchev–Trinajstić information content (AvgIpc) is 2.64. The van der Waals surface area contributed by atoms with Crippen LogP contribution in [0.15, 0.2) is 24.3 Å². The maximum absolute atomic E-state index is 10.2. The summed E-state index contributed by atoms with van der Waals surface area (Å²) in [7, 11) is 0. The Labute approximate surface area is 181 Å². The van der Waals surface area contributed by atoms with Crippen molar-refractivity contribution in [1.82, 2.24) is 4.90 Å². The van der Waals surface area contributed by atoms with Crippen molar-refractivity contribution in [3.8, 4) is 0 Å². The van der Waals surface area contributed by atoms with Crippen LogP contribution in [0, 0.1) is 10.1 Å². The van der Waals surface area contributed by atoms with E-state index in [1.807, 2.05) is 11.8 Å². The molecule has 0 unspecified atom stereocenters. The Balaban J connectivity index is 0. The first-order chi connectivity index (χ1) is 12.1. The van der Waals surface area contributed by atoms with Gasteiger partial charge in [-0.25, -0.2) is 0 Å². The van der Waals surface area contributed by atoms with Crippen LogP contribution in [0.4, 0.5) is 5.69 Å². The third-order valence-corrected chi connectivity index (χ3v) is 4.46. The molecule has 5 nitrogen and oxygen atoms in total. The summed E-state index contributed by atoms with van der Waals surface area (Å²) < 4.78 is 8.22. The Bertz CT molecular complexity index is 435. The van der Waals surface area contributed by atoms with Crippen LogP contribution in [0.2, 0.25) is 0 Å². The van der Waals surface area contributed by atoms with E-state index in [-0.39, 0.29) is 5.69 Å². The molecule has 0 saturated heterocycles. The molecule has 0 saturated carbocycles. The first-order valence-electron chi connectivity index (χ1n) is 7.52. The fourth-order valence-electron chi connectivity index (χ4n) is 1.65. The van der Waals surface area contributed by atoms with E-state index in [9.17, 15) is 10.1 Å². The van der Waals surface area contributed by atoms with Crippen molar-refractivity contribution in [2.45, 2.75) is 12.7 Å². The summed E-state index contributed by atoms with van der Waals surface area (Å²) in [5.74, 6) is 4.56. The molecule has 1 rings (SSSR count). The van der Waals surface area contributed by atoms with Gasteiger partial charge in [-0.2, -0.15) is 29.0 Å². The molecule has 0 spiro atoms. The van der Waals surface area contributed by atoms with E-state index in [0.29, 0.717) is 5.75 Å². The van der Waals surface area contributed by atoms with Crippen LogP contribution in [0.1, 0.15) is 12.5 Å². The van der Waals surface area contributed by atoms with Crippen molar-refractivity contribution >= 4 is 55.3 Å². The second-order valence-corrected chi connectivity index (χ2v) is 7.01. The molecule has 0 N–H and O–H groups in total. The molecule has 25 heavy (non-hydrogen) atoms. The minimum absolute atomic E-state index is 0.109. The van der Waals surface area contributed by atoms with Crippen LogP contribution in [-0.2, 0) is 66.0 Å². The number of nitro groups is 1. The Morgan fingerprint density at radius 1 is 1.08 bits per heavy atom. The molecule has 0 atom stereocenters. The molecule has 0 aromatic heterocycles. The SMILES string of the molecule is CCSCCN(CC[S-])CC[S-].O=[N+]([O-])c1ccc(C[S-])cc1.[O]=[99Tc+3]. The third-order valence-electron chi connectivity index (χ3n) is 2.88. The topological polar surface area (TPSA) is 63.4 Å². The second kappa shape index (κ2) is 20.7. The molecule has 0 aliphatic heterocycles. The molecule has 0 fully saturated rings. The quantitative estimate of drug-likeness (QED) is 0.208. The van der Waals surface area contributed by atoms with Gasteiger partial charge in [-0.15, -0.1) is 0 Å². The van der Waals surface area contributed by atoms with E-state index in [1.165, 1.54) is 23.6 Å². The van der Waals surface area contributed by atoms with Gasteiger partial charge in [0.25, 0.3) is 5.69 Å². The van der Waals surface area contributed by atoms with Crippen molar-refractivity contribution in [3.63, 3.8) is 0 Å². The van der Waals surface area contributed by atoms with E-state index in [0.717, 1.165) is 55.6 Å². The molecule has 0 radical (unpaired) electrons. The summed E-state index contributed by atoms with van der Waals surface area (Å²) in [6.45, 7) is 5.38. The Kier molecular flexibility index (Phi) is 22.9. The standard InChI is InChI=1S/C8H19NS3.C7H7NO2S.O.Tc/c1-2-12-8-5-9(3-6-10)4-7-11;9-8(10)7-3-1-6(5-11)2-4-7;;/h10-11H,2-8H2,1H3;1-4,11H,5H2;;/q;;;+3/p-3/i;;;1+1. The van der Waals surface area contributed by atoms with Crippen molar-refractivity contribution < 1.29 is 27.3 Å². The summed E-state index contributed by atoms with van der Waals surface area (Å²) >= 11 is 17.5. The zero-order valence-electron chi connectivity index (χ0n) is 14.1. The van der Waals surface area contributed by atoms with Crippen molar-refractivity contribution in [2.75, 3.05) is 42.6 Å². The van der Waals surface area contributed by atoms with Gasteiger partial charge in [0.15, 0.2) is 0 Å². The monoisotopic (exact) mass is 506 g/mol. The fraction of sp³-hybridized carbons (Fsp3) is 0.600.